The lowest BCUT2D eigenvalue weighted by Crippen LogP contribution is -2.13. The molecule has 0 atom stereocenters. The smallest absolute Gasteiger partial charge is 0.307 e. The molecule has 0 unspecified atom stereocenters. The standard InChI is InChI=1S/C15H22O6/c1-18-6-7-19-8-9-20-10-11-21-14-5-3-2-4-13(14)12-15(16)17/h2-5H,6-12H2,1H3,(H,16,17). The van der Waals surface area contributed by atoms with Crippen LogP contribution in [0.1, 0.15) is 5.56 Å². The van der Waals surface area contributed by atoms with Gasteiger partial charge in [0.2, 0.25) is 0 Å². The Balaban J connectivity index is 2.14. The van der Waals surface area contributed by atoms with E-state index >= 15 is 0 Å². The van der Waals surface area contributed by atoms with Crippen molar-refractivity contribution in [3.8, 4) is 5.75 Å². The van der Waals surface area contributed by atoms with Crippen LogP contribution in [0.2, 0.25) is 0 Å². The molecule has 118 valence electrons. The molecule has 0 saturated heterocycles. The highest BCUT2D eigenvalue weighted by atomic mass is 16.6. The largest absolute Gasteiger partial charge is 0.491 e. The zero-order valence-corrected chi connectivity index (χ0v) is 12.2. The first-order chi connectivity index (χ1) is 10.2. The van der Waals surface area contributed by atoms with Crippen molar-refractivity contribution < 1.29 is 28.8 Å². The van der Waals surface area contributed by atoms with Crippen molar-refractivity contribution in [3.63, 3.8) is 0 Å². The van der Waals surface area contributed by atoms with Crippen molar-refractivity contribution in [1.82, 2.24) is 0 Å². The summed E-state index contributed by atoms with van der Waals surface area (Å²) in [7, 11) is 1.62. The van der Waals surface area contributed by atoms with E-state index in [1.165, 1.54) is 0 Å². The summed E-state index contributed by atoms with van der Waals surface area (Å²) in [5, 5.41) is 8.82. The number of para-hydroxylation sites is 1. The van der Waals surface area contributed by atoms with Crippen LogP contribution in [0.5, 0.6) is 5.75 Å². The van der Waals surface area contributed by atoms with Crippen LogP contribution in [0.15, 0.2) is 24.3 Å². The number of carboxylic acid groups (broad SMARTS) is 1. The number of carboxylic acids is 1. The van der Waals surface area contributed by atoms with E-state index in [1.54, 1.807) is 25.3 Å². The molecule has 0 heterocycles. The number of carbonyl (C=O) groups is 1. The topological polar surface area (TPSA) is 74.2 Å². The van der Waals surface area contributed by atoms with Gasteiger partial charge in [-0.1, -0.05) is 18.2 Å². The molecular weight excluding hydrogens is 276 g/mol. The van der Waals surface area contributed by atoms with Crippen molar-refractivity contribution >= 4 is 5.97 Å². The molecule has 0 aliphatic rings. The van der Waals surface area contributed by atoms with Crippen LogP contribution in [0.3, 0.4) is 0 Å². The van der Waals surface area contributed by atoms with Gasteiger partial charge in [-0.25, -0.2) is 0 Å². The summed E-state index contributed by atoms with van der Waals surface area (Å²) in [6, 6.07) is 7.10. The average Bonchev–Trinajstić information content (AvgIpc) is 2.46. The summed E-state index contributed by atoms with van der Waals surface area (Å²) in [5.41, 5.74) is 0.660. The third-order valence-electron chi connectivity index (χ3n) is 2.60. The molecule has 1 N–H and O–H groups in total. The number of rotatable bonds is 12. The number of benzene rings is 1. The molecule has 1 aromatic rings. The van der Waals surface area contributed by atoms with E-state index < -0.39 is 5.97 Å². The first kappa shape index (κ1) is 17.4. The Bertz CT molecular complexity index is 407. The van der Waals surface area contributed by atoms with Crippen molar-refractivity contribution in [3.05, 3.63) is 29.8 Å². The van der Waals surface area contributed by atoms with Gasteiger partial charge in [0.15, 0.2) is 0 Å². The van der Waals surface area contributed by atoms with Gasteiger partial charge < -0.3 is 24.1 Å². The summed E-state index contributed by atoms with van der Waals surface area (Å²) in [6.07, 6.45) is -0.0512. The Labute approximate surface area is 124 Å². The highest BCUT2D eigenvalue weighted by molar-refractivity contribution is 5.71. The Hall–Kier alpha value is -1.63. The van der Waals surface area contributed by atoms with E-state index in [1.807, 2.05) is 6.07 Å². The summed E-state index contributed by atoms with van der Waals surface area (Å²) in [6.45, 7) is 2.93. The zero-order valence-electron chi connectivity index (χ0n) is 12.2. The maximum Gasteiger partial charge on any atom is 0.307 e. The molecule has 0 fully saturated rings. The second-order valence-electron chi connectivity index (χ2n) is 4.24. The first-order valence-electron chi connectivity index (χ1n) is 6.81. The highest BCUT2D eigenvalue weighted by Gasteiger charge is 2.06. The zero-order chi connectivity index (χ0) is 15.3. The summed E-state index contributed by atoms with van der Waals surface area (Å²) >= 11 is 0. The minimum atomic E-state index is -0.879. The third kappa shape index (κ3) is 8.29. The minimum Gasteiger partial charge on any atom is -0.491 e. The lowest BCUT2D eigenvalue weighted by atomic mass is 10.1. The van der Waals surface area contributed by atoms with Gasteiger partial charge in [-0.05, 0) is 6.07 Å². The Kier molecular flexibility index (Phi) is 9.19. The number of ether oxygens (including phenoxy) is 4. The first-order valence-corrected chi connectivity index (χ1v) is 6.81. The van der Waals surface area contributed by atoms with E-state index in [9.17, 15) is 4.79 Å². The Morgan fingerprint density at radius 3 is 2.29 bits per heavy atom. The molecule has 0 saturated carbocycles. The normalized spacial score (nSPS) is 10.5. The summed E-state index contributed by atoms with van der Waals surface area (Å²) in [5.74, 6) is -0.296. The molecule has 6 heteroatoms. The van der Waals surface area contributed by atoms with E-state index in [2.05, 4.69) is 0 Å². The molecule has 0 spiro atoms. The second kappa shape index (κ2) is 11.1. The lowest BCUT2D eigenvalue weighted by Gasteiger charge is -2.10. The molecular formula is C15H22O6. The van der Waals surface area contributed by atoms with E-state index in [-0.39, 0.29) is 6.42 Å². The lowest BCUT2D eigenvalue weighted by molar-refractivity contribution is -0.136. The van der Waals surface area contributed by atoms with Crippen LogP contribution in [0, 0.1) is 0 Å². The number of aliphatic carboxylic acids is 1. The quantitative estimate of drug-likeness (QED) is 0.588. The van der Waals surface area contributed by atoms with Gasteiger partial charge in [0.1, 0.15) is 12.4 Å². The van der Waals surface area contributed by atoms with Crippen LogP contribution in [0.4, 0.5) is 0 Å². The molecule has 0 aromatic heterocycles. The van der Waals surface area contributed by atoms with E-state index in [0.717, 1.165) is 0 Å². The van der Waals surface area contributed by atoms with Crippen molar-refractivity contribution in [1.29, 1.82) is 0 Å². The van der Waals surface area contributed by atoms with Crippen LogP contribution in [0.25, 0.3) is 0 Å². The van der Waals surface area contributed by atoms with Crippen molar-refractivity contribution in [2.24, 2.45) is 0 Å². The maximum atomic E-state index is 10.7. The van der Waals surface area contributed by atoms with E-state index in [4.69, 9.17) is 24.1 Å². The molecule has 21 heavy (non-hydrogen) atoms. The van der Waals surface area contributed by atoms with Crippen molar-refractivity contribution in [2.75, 3.05) is 46.8 Å². The number of hydrogen-bond acceptors (Lipinski definition) is 5. The van der Waals surface area contributed by atoms with Crippen LogP contribution in [-0.2, 0) is 25.4 Å². The monoisotopic (exact) mass is 298 g/mol. The molecule has 6 nitrogen and oxygen atoms in total. The average molecular weight is 298 g/mol. The SMILES string of the molecule is COCCOCCOCCOc1ccccc1CC(=O)O. The predicted molar refractivity (Wildman–Crippen MR) is 76.8 cm³/mol. The Morgan fingerprint density at radius 1 is 1.00 bits per heavy atom. The predicted octanol–water partition coefficient (Wildman–Crippen LogP) is 1.37. The van der Waals surface area contributed by atoms with Gasteiger partial charge in [-0.2, -0.15) is 0 Å². The minimum absolute atomic E-state index is 0.0512. The molecule has 0 amide bonds. The van der Waals surface area contributed by atoms with Gasteiger partial charge in [-0.15, -0.1) is 0 Å². The Morgan fingerprint density at radius 2 is 1.62 bits per heavy atom. The van der Waals surface area contributed by atoms with Gasteiger partial charge in [0.25, 0.3) is 0 Å². The molecule has 0 bridgehead atoms. The number of methoxy groups -OCH3 is 1. The molecule has 1 aromatic carbocycles. The highest BCUT2D eigenvalue weighted by Crippen LogP contribution is 2.18. The number of hydrogen-bond donors (Lipinski definition) is 1. The van der Waals surface area contributed by atoms with Crippen LogP contribution in [-0.4, -0.2) is 57.8 Å². The third-order valence-corrected chi connectivity index (χ3v) is 2.60. The molecule has 0 aliphatic heterocycles. The fourth-order valence-electron chi connectivity index (χ4n) is 1.63. The molecule has 0 radical (unpaired) electrons. The van der Waals surface area contributed by atoms with Gasteiger partial charge >= 0.3 is 5.97 Å². The second-order valence-corrected chi connectivity index (χ2v) is 4.24. The molecule has 0 aliphatic carbocycles. The van der Waals surface area contributed by atoms with Gasteiger partial charge in [0.05, 0.1) is 39.5 Å². The van der Waals surface area contributed by atoms with E-state index in [0.29, 0.717) is 51.0 Å². The fourth-order valence-corrected chi connectivity index (χ4v) is 1.63. The summed E-state index contributed by atoms with van der Waals surface area (Å²) in [4.78, 5) is 10.7. The summed E-state index contributed by atoms with van der Waals surface area (Å²) < 4.78 is 21.0. The fraction of sp³-hybridized carbons (Fsp3) is 0.533. The van der Waals surface area contributed by atoms with Crippen LogP contribution < -0.4 is 4.74 Å². The van der Waals surface area contributed by atoms with Gasteiger partial charge in [-0.3, -0.25) is 4.79 Å². The maximum absolute atomic E-state index is 10.7. The van der Waals surface area contributed by atoms with Crippen molar-refractivity contribution in [2.45, 2.75) is 6.42 Å². The van der Waals surface area contributed by atoms with Crippen LogP contribution >= 0.6 is 0 Å². The molecule has 1 rings (SSSR count). The van der Waals surface area contributed by atoms with Gasteiger partial charge in [0, 0.05) is 12.7 Å².